The highest BCUT2D eigenvalue weighted by Gasteiger charge is 2.23. The average Bonchev–Trinajstić information content (AvgIpc) is 3.11. The molecule has 2 aromatic carbocycles. The summed E-state index contributed by atoms with van der Waals surface area (Å²) >= 11 is 0. The summed E-state index contributed by atoms with van der Waals surface area (Å²) in [5.41, 5.74) is 1.20. The Bertz CT molecular complexity index is 759. The number of anilines is 2. The van der Waals surface area contributed by atoms with Gasteiger partial charge in [-0.15, -0.1) is 0 Å². The number of amidine groups is 1. The van der Waals surface area contributed by atoms with Crippen LogP contribution in [0.3, 0.4) is 0 Å². The Balaban J connectivity index is 1.87. The zero-order valence-electron chi connectivity index (χ0n) is 13.3. The Morgan fingerprint density at radius 3 is 2.71 bits per heavy atom. The lowest BCUT2D eigenvalue weighted by Crippen LogP contribution is -2.39. The highest BCUT2D eigenvalue weighted by molar-refractivity contribution is 6.20. The number of methoxy groups -OCH3 is 1. The van der Waals surface area contributed by atoms with Crippen LogP contribution >= 0.6 is 0 Å². The van der Waals surface area contributed by atoms with E-state index >= 15 is 0 Å². The molecule has 0 radical (unpaired) electrons. The Hall–Kier alpha value is -2.89. The van der Waals surface area contributed by atoms with Crippen molar-refractivity contribution in [3.05, 3.63) is 54.3 Å². The van der Waals surface area contributed by atoms with E-state index in [1.807, 2.05) is 0 Å². The first kappa shape index (κ1) is 16.0. The SMILES string of the molecule is COc1cccc(NC(=O)N(C2=NCCC2)c2ccc(F)cc2)c1. The standard InChI is InChI=1S/C18H18FN3O2/c1-24-16-5-2-4-14(12-16)21-18(23)22(17-6-3-11-20-17)15-9-7-13(19)8-10-15/h2,4-5,7-10,12H,3,6,11H2,1H3,(H,21,23). The van der Waals surface area contributed by atoms with E-state index in [1.54, 1.807) is 43.5 Å². The fourth-order valence-corrected chi connectivity index (χ4v) is 2.56. The van der Waals surface area contributed by atoms with Crippen molar-refractivity contribution < 1.29 is 13.9 Å². The Morgan fingerprint density at radius 1 is 1.25 bits per heavy atom. The molecule has 124 valence electrons. The van der Waals surface area contributed by atoms with Gasteiger partial charge in [-0.25, -0.2) is 9.18 Å². The number of ether oxygens (including phenoxy) is 1. The molecule has 24 heavy (non-hydrogen) atoms. The topological polar surface area (TPSA) is 53.9 Å². The molecular weight excluding hydrogens is 309 g/mol. The average molecular weight is 327 g/mol. The first-order valence-corrected chi connectivity index (χ1v) is 7.71. The van der Waals surface area contributed by atoms with Crippen LogP contribution in [0.4, 0.5) is 20.6 Å². The molecule has 0 unspecified atom stereocenters. The normalized spacial score (nSPS) is 13.3. The summed E-state index contributed by atoms with van der Waals surface area (Å²) in [7, 11) is 1.57. The zero-order chi connectivity index (χ0) is 16.9. The van der Waals surface area contributed by atoms with Crippen LogP contribution in [0.15, 0.2) is 53.5 Å². The van der Waals surface area contributed by atoms with E-state index in [2.05, 4.69) is 10.3 Å². The molecule has 1 aliphatic rings. The molecule has 6 heteroatoms. The van der Waals surface area contributed by atoms with Crippen molar-refractivity contribution in [2.75, 3.05) is 23.9 Å². The van der Waals surface area contributed by atoms with Gasteiger partial charge in [-0.3, -0.25) is 9.89 Å². The summed E-state index contributed by atoms with van der Waals surface area (Å²) < 4.78 is 18.4. The van der Waals surface area contributed by atoms with Crippen molar-refractivity contribution in [2.45, 2.75) is 12.8 Å². The van der Waals surface area contributed by atoms with Gasteiger partial charge in [0.05, 0.1) is 12.8 Å². The number of aliphatic imine (C=N–C) groups is 1. The lowest BCUT2D eigenvalue weighted by atomic mass is 10.2. The number of nitrogens with zero attached hydrogens (tertiary/aromatic N) is 2. The third kappa shape index (κ3) is 3.53. The van der Waals surface area contributed by atoms with Gasteiger partial charge < -0.3 is 10.1 Å². The number of hydrogen-bond acceptors (Lipinski definition) is 3. The summed E-state index contributed by atoms with van der Waals surface area (Å²) in [6.45, 7) is 0.694. The highest BCUT2D eigenvalue weighted by atomic mass is 19.1. The zero-order valence-corrected chi connectivity index (χ0v) is 13.3. The first-order chi connectivity index (χ1) is 11.7. The molecule has 0 spiro atoms. The summed E-state index contributed by atoms with van der Waals surface area (Å²) in [6.07, 6.45) is 1.61. The second kappa shape index (κ2) is 7.12. The molecule has 1 aliphatic heterocycles. The van der Waals surface area contributed by atoms with Crippen LogP contribution in [0.5, 0.6) is 5.75 Å². The van der Waals surface area contributed by atoms with E-state index in [0.717, 1.165) is 6.42 Å². The van der Waals surface area contributed by atoms with E-state index < -0.39 is 0 Å². The number of benzene rings is 2. The van der Waals surface area contributed by atoms with Crippen LogP contribution in [-0.2, 0) is 0 Å². The van der Waals surface area contributed by atoms with Gasteiger partial charge in [-0.05, 0) is 42.8 Å². The minimum absolute atomic E-state index is 0.337. The monoisotopic (exact) mass is 327 g/mol. The van der Waals surface area contributed by atoms with Gasteiger partial charge in [0.15, 0.2) is 0 Å². The molecule has 2 aromatic rings. The van der Waals surface area contributed by atoms with E-state index in [9.17, 15) is 9.18 Å². The fraction of sp³-hybridized carbons (Fsp3) is 0.222. The van der Waals surface area contributed by atoms with Gasteiger partial charge in [0.1, 0.15) is 17.4 Å². The molecule has 1 N–H and O–H groups in total. The number of hydrogen-bond donors (Lipinski definition) is 1. The number of urea groups is 1. The molecule has 0 saturated heterocycles. The largest absolute Gasteiger partial charge is 0.497 e. The van der Waals surface area contributed by atoms with E-state index in [4.69, 9.17) is 4.74 Å². The van der Waals surface area contributed by atoms with Crippen LogP contribution in [0, 0.1) is 5.82 Å². The Morgan fingerprint density at radius 2 is 2.04 bits per heavy atom. The van der Waals surface area contributed by atoms with Crippen LogP contribution in [0.2, 0.25) is 0 Å². The first-order valence-electron chi connectivity index (χ1n) is 7.71. The third-order valence-corrected chi connectivity index (χ3v) is 3.72. The predicted molar refractivity (Wildman–Crippen MR) is 92.4 cm³/mol. The number of amides is 2. The van der Waals surface area contributed by atoms with E-state index in [0.29, 0.717) is 35.9 Å². The Labute approximate surface area is 139 Å². The Kier molecular flexibility index (Phi) is 4.74. The van der Waals surface area contributed by atoms with Gasteiger partial charge in [0, 0.05) is 24.7 Å². The number of carbonyl (C=O) groups is 1. The number of nitrogens with one attached hydrogen (secondary N) is 1. The highest BCUT2D eigenvalue weighted by Crippen LogP contribution is 2.22. The molecule has 0 bridgehead atoms. The van der Waals surface area contributed by atoms with Crippen LogP contribution in [0.25, 0.3) is 0 Å². The quantitative estimate of drug-likeness (QED) is 0.924. The number of rotatable bonds is 3. The maximum absolute atomic E-state index is 13.2. The maximum Gasteiger partial charge on any atom is 0.331 e. The van der Waals surface area contributed by atoms with Crippen molar-refractivity contribution in [3.8, 4) is 5.75 Å². The molecule has 0 saturated carbocycles. The van der Waals surface area contributed by atoms with Gasteiger partial charge >= 0.3 is 6.03 Å². The third-order valence-electron chi connectivity index (χ3n) is 3.72. The van der Waals surface area contributed by atoms with Gasteiger partial charge in [-0.1, -0.05) is 6.07 Å². The molecule has 3 rings (SSSR count). The molecule has 2 amide bonds. The molecule has 0 atom stereocenters. The molecule has 1 heterocycles. The van der Waals surface area contributed by atoms with Crippen molar-refractivity contribution in [1.82, 2.24) is 0 Å². The molecule has 5 nitrogen and oxygen atoms in total. The van der Waals surface area contributed by atoms with Crippen molar-refractivity contribution in [3.63, 3.8) is 0 Å². The van der Waals surface area contributed by atoms with Gasteiger partial charge in [0.2, 0.25) is 0 Å². The van der Waals surface area contributed by atoms with E-state index in [-0.39, 0.29) is 11.8 Å². The number of halogens is 1. The lowest BCUT2D eigenvalue weighted by molar-refractivity contribution is 0.259. The van der Waals surface area contributed by atoms with Gasteiger partial charge in [0.25, 0.3) is 0 Å². The summed E-state index contributed by atoms with van der Waals surface area (Å²) in [5.74, 6) is 0.988. The minimum atomic E-state index is -0.347. The molecule has 0 aliphatic carbocycles. The predicted octanol–water partition coefficient (Wildman–Crippen LogP) is 4.07. The van der Waals surface area contributed by atoms with Crippen molar-refractivity contribution in [2.24, 2.45) is 4.99 Å². The van der Waals surface area contributed by atoms with E-state index in [1.165, 1.54) is 17.0 Å². The second-order valence-corrected chi connectivity index (χ2v) is 5.38. The molecule has 0 fully saturated rings. The van der Waals surface area contributed by atoms with Gasteiger partial charge in [-0.2, -0.15) is 0 Å². The van der Waals surface area contributed by atoms with Crippen molar-refractivity contribution in [1.29, 1.82) is 0 Å². The summed E-state index contributed by atoms with van der Waals surface area (Å²) in [5, 5.41) is 2.84. The molecule has 0 aromatic heterocycles. The smallest absolute Gasteiger partial charge is 0.331 e. The van der Waals surface area contributed by atoms with Crippen molar-refractivity contribution >= 4 is 23.2 Å². The van der Waals surface area contributed by atoms with Crippen LogP contribution < -0.4 is 15.0 Å². The van der Waals surface area contributed by atoms with Crippen LogP contribution in [-0.4, -0.2) is 25.5 Å². The maximum atomic E-state index is 13.2. The minimum Gasteiger partial charge on any atom is -0.497 e. The number of carbonyl (C=O) groups excluding carboxylic acids is 1. The molecular formula is C18H18FN3O2. The van der Waals surface area contributed by atoms with Crippen LogP contribution in [0.1, 0.15) is 12.8 Å². The fourth-order valence-electron chi connectivity index (χ4n) is 2.56. The lowest BCUT2D eigenvalue weighted by Gasteiger charge is -2.23. The summed E-state index contributed by atoms with van der Waals surface area (Å²) in [6, 6.07) is 12.6. The second-order valence-electron chi connectivity index (χ2n) is 5.38. The summed E-state index contributed by atoms with van der Waals surface area (Å²) in [4.78, 5) is 18.7.